The average Bonchev–Trinajstić information content (AvgIpc) is 3.20. The Balaban J connectivity index is 1.57. The van der Waals surface area contributed by atoms with Gasteiger partial charge in [-0.05, 0) is 5.56 Å². The third-order valence-electron chi connectivity index (χ3n) is 6.17. The minimum atomic E-state index is -4.50. The Morgan fingerprint density at radius 3 is 2.18 bits per heavy atom. The van der Waals surface area contributed by atoms with E-state index in [2.05, 4.69) is 10.4 Å². The molecule has 2 amide bonds. The summed E-state index contributed by atoms with van der Waals surface area (Å²) >= 11 is 0. The van der Waals surface area contributed by atoms with Gasteiger partial charge in [0.1, 0.15) is 11.4 Å². The van der Waals surface area contributed by atoms with Gasteiger partial charge >= 0.3 is 6.18 Å². The number of anilines is 1. The number of carbonyl (C=O) groups excluding carboxylic acids is 2. The fraction of sp³-hybridized carbons (Fsp3) is 0.522. The molecular weight excluding hydrogens is 435 g/mol. The zero-order valence-electron chi connectivity index (χ0n) is 18.9. The van der Waals surface area contributed by atoms with Crippen LogP contribution in [0.15, 0.2) is 36.5 Å². The lowest BCUT2D eigenvalue weighted by Gasteiger charge is -2.38. The molecule has 7 nitrogen and oxygen atoms in total. The Kier molecular flexibility index (Phi) is 5.88. The molecule has 2 aromatic rings. The third kappa shape index (κ3) is 4.56. The van der Waals surface area contributed by atoms with Gasteiger partial charge in [0, 0.05) is 38.0 Å². The molecule has 1 aromatic heterocycles. The molecule has 0 radical (unpaired) electrons. The number of amides is 2. The minimum Gasteiger partial charge on any atom is -0.363 e. The fourth-order valence-electron chi connectivity index (χ4n) is 4.38. The second kappa shape index (κ2) is 8.39. The molecule has 3 heterocycles. The lowest BCUT2D eigenvalue weighted by atomic mass is 9.94. The van der Waals surface area contributed by atoms with Crippen molar-refractivity contribution in [3.05, 3.63) is 47.7 Å². The summed E-state index contributed by atoms with van der Waals surface area (Å²) < 4.78 is 42.5. The molecule has 0 aliphatic carbocycles. The Hall–Kier alpha value is -3.04. The molecule has 1 aromatic carbocycles. The largest absolute Gasteiger partial charge is 0.410 e. The lowest BCUT2D eigenvalue weighted by Crippen LogP contribution is -2.53. The summed E-state index contributed by atoms with van der Waals surface area (Å²) in [5, 5.41) is 7.07. The zero-order valence-corrected chi connectivity index (χ0v) is 18.9. The van der Waals surface area contributed by atoms with Gasteiger partial charge in [0.25, 0.3) is 5.91 Å². The molecule has 1 N–H and O–H groups in total. The number of fused-ring (bicyclic) bond motifs is 1. The molecule has 178 valence electrons. The van der Waals surface area contributed by atoms with Crippen LogP contribution in [-0.2, 0) is 4.79 Å². The molecular formula is C23H28F3N5O2. The first-order chi connectivity index (χ1) is 15.5. The molecule has 1 saturated heterocycles. The molecule has 2 unspecified atom stereocenters. The highest BCUT2D eigenvalue weighted by Crippen LogP contribution is 2.44. The monoisotopic (exact) mass is 463 g/mol. The van der Waals surface area contributed by atoms with Crippen LogP contribution in [0.3, 0.4) is 0 Å². The standard InChI is InChI=1S/C23H28F3N5O2/c1-22(2,3)21(33)30-11-9-29(10-12-30)20(32)16-14-27-31-18(23(24,25)26)13-17(28-19(16)31)15-7-5-4-6-8-15/h4-8,14,17-18,28H,9-13H2,1-3H3. The minimum absolute atomic E-state index is 0.0119. The van der Waals surface area contributed by atoms with Gasteiger partial charge in [-0.25, -0.2) is 4.68 Å². The van der Waals surface area contributed by atoms with Crippen LogP contribution in [0, 0.1) is 5.41 Å². The number of hydrogen-bond acceptors (Lipinski definition) is 4. The third-order valence-corrected chi connectivity index (χ3v) is 6.17. The smallest absolute Gasteiger partial charge is 0.363 e. The average molecular weight is 464 g/mol. The molecule has 2 aliphatic heterocycles. The van der Waals surface area contributed by atoms with Gasteiger partial charge in [-0.3, -0.25) is 9.59 Å². The number of piperazine rings is 1. The lowest BCUT2D eigenvalue weighted by molar-refractivity contribution is -0.173. The van der Waals surface area contributed by atoms with Crippen LogP contribution >= 0.6 is 0 Å². The van der Waals surface area contributed by atoms with Crippen molar-refractivity contribution in [3.8, 4) is 0 Å². The van der Waals surface area contributed by atoms with Crippen molar-refractivity contribution in [2.45, 2.75) is 45.5 Å². The van der Waals surface area contributed by atoms with Gasteiger partial charge in [0.2, 0.25) is 5.91 Å². The van der Waals surface area contributed by atoms with Crippen molar-refractivity contribution >= 4 is 17.6 Å². The summed E-state index contributed by atoms with van der Waals surface area (Å²) in [7, 11) is 0. The van der Waals surface area contributed by atoms with Crippen LogP contribution in [0.4, 0.5) is 19.0 Å². The summed E-state index contributed by atoms with van der Waals surface area (Å²) in [6, 6.07) is 6.45. The SMILES string of the molecule is CC(C)(C)C(=O)N1CCN(C(=O)c2cnn3c2NC(c2ccccc2)CC3C(F)(F)F)CC1. The van der Waals surface area contributed by atoms with Gasteiger partial charge in [0.05, 0.1) is 12.2 Å². The predicted octanol–water partition coefficient (Wildman–Crippen LogP) is 3.87. The van der Waals surface area contributed by atoms with Crippen LogP contribution in [0.1, 0.15) is 55.2 Å². The number of nitrogens with zero attached hydrogens (tertiary/aromatic N) is 4. The van der Waals surface area contributed by atoms with E-state index >= 15 is 0 Å². The summed E-state index contributed by atoms with van der Waals surface area (Å²) in [6.07, 6.45) is -3.51. The number of hydrogen-bond donors (Lipinski definition) is 1. The molecule has 1 fully saturated rings. The summed E-state index contributed by atoms with van der Waals surface area (Å²) in [5.41, 5.74) is 0.313. The normalized spacial score (nSPS) is 21.4. The molecule has 0 spiro atoms. The van der Waals surface area contributed by atoms with Crippen LogP contribution < -0.4 is 5.32 Å². The van der Waals surface area contributed by atoms with Gasteiger partial charge in [-0.15, -0.1) is 0 Å². The summed E-state index contributed by atoms with van der Waals surface area (Å²) in [5.74, 6) is -0.297. The summed E-state index contributed by atoms with van der Waals surface area (Å²) in [4.78, 5) is 29.1. The predicted molar refractivity (Wildman–Crippen MR) is 117 cm³/mol. The van der Waals surface area contributed by atoms with Crippen LogP contribution in [-0.4, -0.2) is 63.7 Å². The molecule has 2 atom stereocenters. The number of rotatable bonds is 2. The fourth-order valence-corrected chi connectivity index (χ4v) is 4.38. The van der Waals surface area contributed by atoms with Crippen molar-refractivity contribution in [2.75, 3.05) is 31.5 Å². The van der Waals surface area contributed by atoms with E-state index in [0.29, 0.717) is 31.7 Å². The van der Waals surface area contributed by atoms with Crippen molar-refractivity contribution in [1.29, 1.82) is 0 Å². The first kappa shape index (κ1) is 23.1. The van der Waals surface area contributed by atoms with Crippen LogP contribution in [0.2, 0.25) is 0 Å². The van der Waals surface area contributed by atoms with E-state index in [4.69, 9.17) is 0 Å². The van der Waals surface area contributed by atoms with E-state index in [1.165, 1.54) is 6.20 Å². The number of aromatic nitrogens is 2. The maximum Gasteiger partial charge on any atom is 0.410 e. The van der Waals surface area contributed by atoms with Gasteiger partial charge in [-0.1, -0.05) is 51.1 Å². The Morgan fingerprint density at radius 2 is 1.61 bits per heavy atom. The van der Waals surface area contributed by atoms with Gasteiger partial charge < -0.3 is 15.1 Å². The van der Waals surface area contributed by atoms with Crippen molar-refractivity contribution in [3.63, 3.8) is 0 Å². The number of nitrogens with one attached hydrogen (secondary N) is 1. The molecule has 33 heavy (non-hydrogen) atoms. The highest BCUT2D eigenvalue weighted by Gasteiger charge is 2.47. The van der Waals surface area contributed by atoms with Crippen molar-refractivity contribution in [2.24, 2.45) is 5.41 Å². The first-order valence-electron chi connectivity index (χ1n) is 11.0. The van der Waals surface area contributed by atoms with Crippen LogP contribution in [0.5, 0.6) is 0 Å². The van der Waals surface area contributed by atoms with E-state index in [9.17, 15) is 22.8 Å². The summed E-state index contributed by atoms with van der Waals surface area (Å²) in [6.45, 7) is 6.94. The van der Waals surface area contributed by atoms with Crippen molar-refractivity contribution in [1.82, 2.24) is 19.6 Å². The highest BCUT2D eigenvalue weighted by atomic mass is 19.4. The number of alkyl halides is 3. The molecule has 2 aliphatic rings. The number of benzene rings is 1. The highest BCUT2D eigenvalue weighted by molar-refractivity contribution is 5.99. The van der Waals surface area contributed by atoms with Gasteiger partial charge in [-0.2, -0.15) is 18.3 Å². The maximum absolute atomic E-state index is 13.9. The van der Waals surface area contributed by atoms with E-state index in [1.807, 2.05) is 20.8 Å². The number of carbonyl (C=O) groups is 2. The van der Waals surface area contributed by atoms with E-state index in [1.54, 1.807) is 40.1 Å². The molecule has 0 bridgehead atoms. The first-order valence-corrected chi connectivity index (χ1v) is 11.0. The van der Waals surface area contributed by atoms with Gasteiger partial charge in [0.15, 0.2) is 6.04 Å². The van der Waals surface area contributed by atoms with E-state index in [-0.39, 0.29) is 29.6 Å². The van der Waals surface area contributed by atoms with E-state index in [0.717, 1.165) is 4.68 Å². The van der Waals surface area contributed by atoms with Crippen LogP contribution in [0.25, 0.3) is 0 Å². The number of halogens is 3. The quantitative estimate of drug-likeness (QED) is 0.734. The molecule has 10 heteroatoms. The van der Waals surface area contributed by atoms with E-state index < -0.39 is 23.7 Å². The second-order valence-electron chi connectivity index (χ2n) is 9.59. The molecule has 4 rings (SSSR count). The Bertz CT molecular complexity index is 1020. The topological polar surface area (TPSA) is 70.5 Å². The zero-order chi connectivity index (χ0) is 24.0. The second-order valence-corrected chi connectivity index (χ2v) is 9.59. The Labute approximate surface area is 190 Å². The maximum atomic E-state index is 13.9. The van der Waals surface area contributed by atoms with Crippen molar-refractivity contribution < 1.29 is 22.8 Å². The Morgan fingerprint density at radius 1 is 1.00 bits per heavy atom. The molecule has 0 saturated carbocycles.